The largest absolute Gasteiger partial charge is 0.384 e. The minimum Gasteiger partial charge on any atom is -0.384 e. The predicted octanol–water partition coefficient (Wildman–Crippen LogP) is 1.98. The molecular formula is C17H20N4O2. The van der Waals surface area contributed by atoms with E-state index in [9.17, 15) is 4.79 Å². The van der Waals surface area contributed by atoms with Crippen molar-refractivity contribution in [3.8, 4) is 11.3 Å². The average molecular weight is 312 g/mol. The van der Waals surface area contributed by atoms with E-state index in [1.54, 1.807) is 13.2 Å². The van der Waals surface area contributed by atoms with Crippen LogP contribution in [0.15, 0.2) is 36.7 Å². The minimum atomic E-state index is 0.0540. The maximum Gasteiger partial charge on any atom is 0.254 e. The SMILES string of the molecule is COC[C@@H]1CCCN1C(=O)c1ccc(-c2cc(N)ncn2)cc1. The average Bonchev–Trinajstić information content (AvgIpc) is 3.03. The molecule has 1 aliphatic rings. The number of benzene rings is 1. The Balaban J connectivity index is 1.78. The first-order chi connectivity index (χ1) is 11.2. The lowest BCUT2D eigenvalue weighted by molar-refractivity contribution is 0.0630. The van der Waals surface area contributed by atoms with Crippen LogP contribution in [-0.2, 0) is 4.74 Å². The van der Waals surface area contributed by atoms with Gasteiger partial charge in [-0.25, -0.2) is 9.97 Å². The van der Waals surface area contributed by atoms with Crippen LogP contribution in [0.4, 0.5) is 5.82 Å². The molecule has 23 heavy (non-hydrogen) atoms. The van der Waals surface area contributed by atoms with Crippen LogP contribution < -0.4 is 5.73 Å². The Labute approximate surface area is 135 Å². The number of anilines is 1. The smallest absolute Gasteiger partial charge is 0.254 e. The van der Waals surface area contributed by atoms with Gasteiger partial charge in [0.2, 0.25) is 0 Å². The highest BCUT2D eigenvalue weighted by atomic mass is 16.5. The molecule has 1 aliphatic heterocycles. The van der Waals surface area contributed by atoms with Gasteiger partial charge in [0.15, 0.2) is 0 Å². The molecule has 1 amide bonds. The molecule has 0 saturated carbocycles. The number of nitrogen functional groups attached to an aromatic ring is 1. The van der Waals surface area contributed by atoms with Gasteiger partial charge in [-0.15, -0.1) is 0 Å². The number of likely N-dealkylation sites (tertiary alicyclic amines) is 1. The van der Waals surface area contributed by atoms with Crippen molar-refractivity contribution < 1.29 is 9.53 Å². The standard InChI is InChI=1S/C17H20N4O2/c1-23-10-14-3-2-8-21(14)17(22)13-6-4-12(5-7-13)15-9-16(18)20-11-19-15/h4-7,9,11,14H,2-3,8,10H2,1H3,(H2,18,19,20)/t14-/m0/s1. The van der Waals surface area contributed by atoms with Crippen molar-refractivity contribution in [3.05, 3.63) is 42.2 Å². The number of carbonyl (C=O) groups is 1. The van der Waals surface area contributed by atoms with Gasteiger partial charge in [0, 0.05) is 30.8 Å². The summed E-state index contributed by atoms with van der Waals surface area (Å²) in [4.78, 5) is 22.6. The zero-order valence-electron chi connectivity index (χ0n) is 13.1. The van der Waals surface area contributed by atoms with Gasteiger partial charge in [0.1, 0.15) is 12.1 Å². The van der Waals surface area contributed by atoms with E-state index in [1.165, 1.54) is 6.33 Å². The van der Waals surface area contributed by atoms with Crippen LogP contribution in [0.5, 0.6) is 0 Å². The molecule has 0 unspecified atom stereocenters. The van der Waals surface area contributed by atoms with Crippen LogP contribution in [0.3, 0.4) is 0 Å². The van der Waals surface area contributed by atoms with Crippen molar-refractivity contribution in [2.24, 2.45) is 0 Å². The number of methoxy groups -OCH3 is 1. The summed E-state index contributed by atoms with van der Waals surface area (Å²) in [7, 11) is 1.67. The lowest BCUT2D eigenvalue weighted by Crippen LogP contribution is -2.38. The molecular weight excluding hydrogens is 292 g/mol. The van der Waals surface area contributed by atoms with Gasteiger partial charge >= 0.3 is 0 Å². The molecule has 0 radical (unpaired) electrons. The van der Waals surface area contributed by atoms with Crippen molar-refractivity contribution in [3.63, 3.8) is 0 Å². The number of amides is 1. The van der Waals surface area contributed by atoms with Crippen molar-refractivity contribution in [1.82, 2.24) is 14.9 Å². The molecule has 1 saturated heterocycles. The highest BCUT2D eigenvalue weighted by molar-refractivity contribution is 5.95. The van der Waals surface area contributed by atoms with Gasteiger partial charge in [0.05, 0.1) is 18.3 Å². The first-order valence-electron chi connectivity index (χ1n) is 7.67. The minimum absolute atomic E-state index is 0.0540. The van der Waals surface area contributed by atoms with Crippen LogP contribution in [0, 0.1) is 0 Å². The summed E-state index contributed by atoms with van der Waals surface area (Å²) in [6.07, 6.45) is 3.46. The van der Waals surface area contributed by atoms with Crippen LogP contribution in [0.2, 0.25) is 0 Å². The lowest BCUT2D eigenvalue weighted by Gasteiger charge is -2.24. The maximum absolute atomic E-state index is 12.7. The van der Waals surface area contributed by atoms with Crippen molar-refractivity contribution in [2.45, 2.75) is 18.9 Å². The fourth-order valence-electron chi connectivity index (χ4n) is 2.95. The second kappa shape index (κ2) is 6.75. The zero-order valence-corrected chi connectivity index (χ0v) is 13.1. The molecule has 2 N–H and O–H groups in total. The Morgan fingerprint density at radius 3 is 2.83 bits per heavy atom. The maximum atomic E-state index is 12.7. The number of hydrogen-bond donors (Lipinski definition) is 1. The van der Waals surface area contributed by atoms with Gasteiger partial charge < -0.3 is 15.4 Å². The van der Waals surface area contributed by atoms with Crippen LogP contribution in [0.1, 0.15) is 23.2 Å². The Bertz CT molecular complexity index is 687. The summed E-state index contributed by atoms with van der Waals surface area (Å²) in [6, 6.07) is 9.32. The Kier molecular flexibility index (Phi) is 4.52. The molecule has 3 rings (SSSR count). The Hall–Kier alpha value is -2.47. The van der Waals surface area contributed by atoms with E-state index >= 15 is 0 Å². The quantitative estimate of drug-likeness (QED) is 0.933. The van der Waals surface area contributed by atoms with Crippen LogP contribution in [0.25, 0.3) is 11.3 Å². The highest BCUT2D eigenvalue weighted by Gasteiger charge is 2.29. The second-order valence-electron chi connectivity index (χ2n) is 5.66. The molecule has 1 fully saturated rings. The normalized spacial score (nSPS) is 17.4. The first-order valence-corrected chi connectivity index (χ1v) is 7.67. The Morgan fingerprint density at radius 2 is 2.13 bits per heavy atom. The fourth-order valence-corrected chi connectivity index (χ4v) is 2.95. The fraction of sp³-hybridized carbons (Fsp3) is 0.353. The van der Waals surface area contributed by atoms with E-state index in [0.717, 1.165) is 30.6 Å². The summed E-state index contributed by atoms with van der Waals surface area (Å²) < 4.78 is 5.21. The van der Waals surface area contributed by atoms with E-state index in [2.05, 4.69) is 9.97 Å². The molecule has 2 heterocycles. The van der Waals surface area contributed by atoms with E-state index in [1.807, 2.05) is 29.2 Å². The summed E-state index contributed by atoms with van der Waals surface area (Å²) in [5, 5.41) is 0. The monoisotopic (exact) mass is 312 g/mol. The Morgan fingerprint density at radius 1 is 1.35 bits per heavy atom. The summed E-state index contributed by atoms with van der Waals surface area (Å²) in [5.74, 6) is 0.480. The van der Waals surface area contributed by atoms with E-state index in [-0.39, 0.29) is 11.9 Å². The number of rotatable bonds is 4. The third-order valence-electron chi connectivity index (χ3n) is 4.11. The molecule has 0 bridgehead atoms. The van der Waals surface area contributed by atoms with Crippen molar-refractivity contribution in [1.29, 1.82) is 0 Å². The molecule has 120 valence electrons. The molecule has 2 aromatic rings. The number of carbonyl (C=O) groups excluding carboxylic acids is 1. The topological polar surface area (TPSA) is 81.3 Å². The van der Waals surface area contributed by atoms with E-state index < -0.39 is 0 Å². The summed E-state index contributed by atoms with van der Waals surface area (Å²) in [5.41, 5.74) is 8.01. The molecule has 6 heteroatoms. The number of aromatic nitrogens is 2. The number of ether oxygens (including phenoxy) is 1. The lowest BCUT2D eigenvalue weighted by atomic mass is 10.1. The van der Waals surface area contributed by atoms with Crippen molar-refractivity contribution in [2.75, 3.05) is 26.0 Å². The molecule has 1 aromatic carbocycles. The predicted molar refractivity (Wildman–Crippen MR) is 87.8 cm³/mol. The number of hydrogen-bond acceptors (Lipinski definition) is 5. The third kappa shape index (κ3) is 3.32. The summed E-state index contributed by atoms with van der Waals surface area (Å²) in [6.45, 7) is 1.38. The molecule has 0 aliphatic carbocycles. The zero-order chi connectivity index (χ0) is 16.2. The van der Waals surface area contributed by atoms with E-state index in [4.69, 9.17) is 10.5 Å². The summed E-state index contributed by atoms with van der Waals surface area (Å²) >= 11 is 0. The van der Waals surface area contributed by atoms with Crippen LogP contribution >= 0.6 is 0 Å². The van der Waals surface area contributed by atoms with Crippen molar-refractivity contribution >= 4 is 11.7 Å². The van der Waals surface area contributed by atoms with Gasteiger partial charge in [-0.1, -0.05) is 12.1 Å². The highest BCUT2D eigenvalue weighted by Crippen LogP contribution is 2.23. The molecule has 1 atom stereocenters. The van der Waals surface area contributed by atoms with Crippen LogP contribution in [-0.4, -0.2) is 47.1 Å². The second-order valence-corrected chi connectivity index (χ2v) is 5.66. The van der Waals surface area contributed by atoms with Gasteiger partial charge in [0.25, 0.3) is 5.91 Å². The number of nitrogens with zero attached hydrogens (tertiary/aromatic N) is 3. The van der Waals surface area contributed by atoms with Gasteiger partial charge in [-0.05, 0) is 25.0 Å². The number of nitrogens with two attached hydrogens (primary N) is 1. The van der Waals surface area contributed by atoms with E-state index in [0.29, 0.717) is 18.0 Å². The molecule has 1 aromatic heterocycles. The van der Waals surface area contributed by atoms with Gasteiger partial charge in [-0.2, -0.15) is 0 Å². The molecule has 6 nitrogen and oxygen atoms in total. The molecule has 0 spiro atoms. The van der Waals surface area contributed by atoms with Gasteiger partial charge in [-0.3, -0.25) is 4.79 Å². The first kappa shape index (κ1) is 15.4. The third-order valence-corrected chi connectivity index (χ3v) is 4.11.